The minimum Gasteiger partial charge on any atom is -0.454 e. The molecule has 0 aromatic heterocycles. The number of carbonyl (C=O) groups excluding carboxylic acids is 2. The molecule has 1 N–H and O–H groups in total. The van der Waals surface area contributed by atoms with Gasteiger partial charge >= 0.3 is 6.03 Å². The van der Waals surface area contributed by atoms with Gasteiger partial charge < -0.3 is 24.6 Å². The topological polar surface area (TPSA) is 71.1 Å². The number of ether oxygens (including phenoxy) is 2. The molecule has 2 aromatic rings. The average Bonchev–Trinajstić information content (AvgIpc) is 3.28. The fourth-order valence-corrected chi connectivity index (χ4v) is 3.21. The Balaban J connectivity index is 1.26. The van der Waals surface area contributed by atoms with E-state index in [-0.39, 0.29) is 25.3 Å². The summed E-state index contributed by atoms with van der Waals surface area (Å²) in [4.78, 5) is 28.1. The van der Waals surface area contributed by atoms with E-state index in [1.807, 2.05) is 48.5 Å². The third-order valence-electron chi connectivity index (χ3n) is 4.66. The lowest BCUT2D eigenvalue weighted by molar-refractivity contribution is -0.121. The number of nitrogens with one attached hydrogen (secondary N) is 1. The van der Waals surface area contributed by atoms with Gasteiger partial charge in [0.1, 0.15) is 6.54 Å². The van der Waals surface area contributed by atoms with E-state index in [1.54, 1.807) is 9.80 Å². The third-order valence-corrected chi connectivity index (χ3v) is 4.66. The van der Waals surface area contributed by atoms with Crippen molar-refractivity contribution in [3.05, 3.63) is 59.7 Å². The van der Waals surface area contributed by atoms with Gasteiger partial charge in [0.05, 0.1) is 0 Å². The summed E-state index contributed by atoms with van der Waals surface area (Å²) in [6.07, 6.45) is 0. The fourth-order valence-electron chi connectivity index (χ4n) is 3.21. The van der Waals surface area contributed by atoms with Crippen molar-refractivity contribution in [3.63, 3.8) is 0 Å². The summed E-state index contributed by atoms with van der Waals surface area (Å²) in [6, 6.07) is 15.3. The summed E-state index contributed by atoms with van der Waals surface area (Å²) >= 11 is 0. The Morgan fingerprint density at radius 3 is 2.59 bits per heavy atom. The molecule has 7 heteroatoms. The molecule has 2 aliphatic rings. The maximum absolute atomic E-state index is 12.5. The Bertz CT molecular complexity index is 840. The van der Waals surface area contributed by atoms with Crippen LogP contribution in [-0.4, -0.2) is 48.2 Å². The van der Waals surface area contributed by atoms with Gasteiger partial charge in [-0.25, -0.2) is 4.79 Å². The van der Waals surface area contributed by atoms with Crippen LogP contribution in [0.3, 0.4) is 0 Å². The van der Waals surface area contributed by atoms with E-state index in [2.05, 4.69) is 5.32 Å². The van der Waals surface area contributed by atoms with Crippen LogP contribution in [0.2, 0.25) is 0 Å². The van der Waals surface area contributed by atoms with Gasteiger partial charge in [0, 0.05) is 26.2 Å². The zero-order chi connectivity index (χ0) is 18.6. The predicted molar refractivity (Wildman–Crippen MR) is 98.2 cm³/mol. The number of hydrogen-bond donors (Lipinski definition) is 1. The minimum atomic E-state index is -0.178. The van der Waals surface area contributed by atoms with Crippen molar-refractivity contribution in [2.45, 2.75) is 13.1 Å². The zero-order valence-electron chi connectivity index (χ0n) is 14.9. The van der Waals surface area contributed by atoms with Crippen molar-refractivity contribution in [1.29, 1.82) is 0 Å². The number of rotatable bonds is 6. The smallest absolute Gasteiger partial charge is 0.320 e. The Kier molecular flexibility index (Phi) is 4.82. The van der Waals surface area contributed by atoms with Crippen LogP contribution in [0.5, 0.6) is 11.5 Å². The maximum Gasteiger partial charge on any atom is 0.320 e. The van der Waals surface area contributed by atoms with Crippen molar-refractivity contribution in [2.24, 2.45) is 0 Å². The fraction of sp³-hybridized carbons (Fsp3) is 0.300. The highest BCUT2D eigenvalue weighted by molar-refractivity contribution is 5.85. The lowest BCUT2D eigenvalue weighted by atomic mass is 10.2. The minimum absolute atomic E-state index is 0.0642. The van der Waals surface area contributed by atoms with Gasteiger partial charge in [0.2, 0.25) is 12.7 Å². The van der Waals surface area contributed by atoms with Crippen molar-refractivity contribution in [1.82, 2.24) is 15.1 Å². The van der Waals surface area contributed by atoms with Crippen LogP contribution < -0.4 is 14.8 Å². The van der Waals surface area contributed by atoms with E-state index in [9.17, 15) is 9.59 Å². The second-order valence-electron chi connectivity index (χ2n) is 6.58. The van der Waals surface area contributed by atoms with Crippen molar-refractivity contribution < 1.29 is 19.1 Å². The van der Waals surface area contributed by atoms with Crippen LogP contribution in [0.4, 0.5) is 4.79 Å². The molecule has 0 spiro atoms. The normalized spacial score (nSPS) is 15.3. The van der Waals surface area contributed by atoms with Gasteiger partial charge in [-0.3, -0.25) is 4.79 Å². The van der Waals surface area contributed by atoms with Crippen LogP contribution in [0.1, 0.15) is 11.1 Å². The number of carbonyl (C=O) groups is 2. The van der Waals surface area contributed by atoms with Gasteiger partial charge in [-0.05, 0) is 23.3 Å². The van der Waals surface area contributed by atoms with Gasteiger partial charge in [-0.15, -0.1) is 0 Å². The second-order valence-corrected chi connectivity index (χ2v) is 6.58. The van der Waals surface area contributed by atoms with E-state index < -0.39 is 0 Å². The summed E-state index contributed by atoms with van der Waals surface area (Å²) in [5, 5.41) is 2.85. The van der Waals surface area contributed by atoms with Gasteiger partial charge in [0.25, 0.3) is 0 Å². The van der Waals surface area contributed by atoms with Crippen LogP contribution in [0, 0.1) is 0 Å². The van der Waals surface area contributed by atoms with E-state index in [0.717, 1.165) is 11.1 Å². The largest absolute Gasteiger partial charge is 0.454 e. The van der Waals surface area contributed by atoms with Gasteiger partial charge in [0.15, 0.2) is 11.5 Å². The monoisotopic (exact) mass is 367 g/mol. The number of amides is 3. The highest BCUT2D eigenvalue weighted by Gasteiger charge is 2.29. The number of urea groups is 1. The first-order chi connectivity index (χ1) is 13.2. The van der Waals surface area contributed by atoms with E-state index in [4.69, 9.17) is 9.47 Å². The first kappa shape index (κ1) is 17.2. The SMILES string of the molecule is O=C(CN1CCN(Cc2ccccc2)C1=O)NCc1ccc2c(c1)OCO2. The Morgan fingerprint density at radius 2 is 1.74 bits per heavy atom. The molecule has 0 aliphatic carbocycles. The summed E-state index contributed by atoms with van der Waals surface area (Å²) < 4.78 is 10.6. The molecule has 2 heterocycles. The molecule has 0 atom stereocenters. The van der Waals surface area contributed by atoms with Crippen LogP contribution in [0.25, 0.3) is 0 Å². The van der Waals surface area contributed by atoms with Gasteiger partial charge in [-0.2, -0.15) is 0 Å². The van der Waals surface area contributed by atoms with E-state index in [0.29, 0.717) is 37.7 Å². The first-order valence-electron chi connectivity index (χ1n) is 8.92. The summed E-state index contributed by atoms with van der Waals surface area (Å²) in [5.41, 5.74) is 2.01. The number of fused-ring (bicyclic) bond motifs is 1. The standard InChI is InChI=1S/C20H21N3O4/c24-19(21-11-16-6-7-17-18(10-16)27-14-26-17)13-23-9-8-22(20(23)25)12-15-4-2-1-3-5-15/h1-7,10H,8-9,11-14H2,(H,21,24). The quantitative estimate of drug-likeness (QED) is 0.847. The van der Waals surface area contributed by atoms with Crippen molar-refractivity contribution >= 4 is 11.9 Å². The molecular formula is C20H21N3O4. The van der Waals surface area contributed by atoms with Crippen LogP contribution in [0.15, 0.2) is 48.5 Å². The molecule has 140 valence electrons. The highest BCUT2D eigenvalue weighted by Crippen LogP contribution is 2.32. The molecule has 1 saturated heterocycles. The highest BCUT2D eigenvalue weighted by atomic mass is 16.7. The number of nitrogens with zero attached hydrogens (tertiary/aromatic N) is 2. The average molecular weight is 367 g/mol. The van der Waals surface area contributed by atoms with Crippen molar-refractivity contribution in [2.75, 3.05) is 26.4 Å². The second kappa shape index (κ2) is 7.57. The van der Waals surface area contributed by atoms with Crippen LogP contribution in [-0.2, 0) is 17.9 Å². The molecule has 7 nitrogen and oxygen atoms in total. The molecule has 0 unspecified atom stereocenters. The molecule has 4 rings (SSSR count). The lowest BCUT2D eigenvalue weighted by Gasteiger charge is -2.18. The molecule has 27 heavy (non-hydrogen) atoms. The lowest BCUT2D eigenvalue weighted by Crippen LogP contribution is -2.39. The summed E-state index contributed by atoms with van der Waals surface area (Å²) in [5.74, 6) is 1.22. The van der Waals surface area contributed by atoms with Crippen LogP contribution >= 0.6 is 0 Å². The molecule has 1 fully saturated rings. The molecular weight excluding hydrogens is 346 g/mol. The molecule has 3 amide bonds. The molecule has 0 radical (unpaired) electrons. The Labute approximate surface area is 157 Å². The number of benzene rings is 2. The zero-order valence-corrected chi connectivity index (χ0v) is 14.9. The molecule has 0 saturated carbocycles. The predicted octanol–water partition coefficient (Wildman–Crippen LogP) is 1.97. The van der Waals surface area contributed by atoms with Crippen molar-refractivity contribution in [3.8, 4) is 11.5 Å². The molecule has 0 bridgehead atoms. The molecule has 2 aliphatic heterocycles. The summed E-state index contributed by atoms with van der Waals surface area (Å²) in [7, 11) is 0. The van der Waals surface area contributed by atoms with Gasteiger partial charge in [-0.1, -0.05) is 36.4 Å². The van der Waals surface area contributed by atoms with E-state index in [1.165, 1.54) is 0 Å². The van der Waals surface area contributed by atoms with E-state index >= 15 is 0 Å². The number of hydrogen-bond acceptors (Lipinski definition) is 4. The Hall–Kier alpha value is -3.22. The first-order valence-corrected chi connectivity index (χ1v) is 8.92. The third kappa shape index (κ3) is 3.97. The molecule has 2 aromatic carbocycles. The summed E-state index contributed by atoms with van der Waals surface area (Å²) in [6.45, 7) is 2.42. The maximum atomic E-state index is 12.5. The Morgan fingerprint density at radius 1 is 0.963 bits per heavy atom.